The minimum Gasteiger partial charge on any atom is -0.307 e. The first-order chi connectivity index (χ1) is 24.8. The first kappa shape index (κ1) is 27.1. The van der Waals surface area contributed by atoms with Gasteiger partial charge in [0.1, 0.15) is 0 Å². The topological polar surface area (TPSA) is 48.0 Å². The van der Waals surface area contributed by atoms with E-state index in [0.29, 0.717) is 17.6 Å². The Balaban J connectivity index is 1.11. The maximum atomic E-state index is 5.15. The van der Waals surface area contributed by atoms with Gasteiger partial charge >= 0.3 is 0 Å². The molecular formula is C45H27N5. The summed E-state index contributed by atoms with van der Waals surface area (Å²) in [7, 11) is 0. The molecule has 0 unspecified atom stereocenters. The number of hydrogen-bond donors (Lipinski definition) is 0. The Morgan fingerprint density at radius 1 is 0.320 bits per heavy atom. The Kier molecular flexibility index (Phi) is 5.60. The first-order valence-electron chi connectivity index (χ1n) is 16.9. The van der Waals surface area contributed by atoms with Crippen LogP contribution in [-0.4, -0.2) is 23.9 Å². The summed E-state index contributed by atoms with van der Waals surface area (Å²) in [5.41, 5.74) is 10.1. The largest absolute Gasteiger partial charge is 0.307 e. The normalized spacial score (nSPS) is 12.0. The molecule has 7 aromatic carbocycles. The maximum absolute atomic E-state index is 5.15. The first-order valence-corrected chi connectivity index (χ1v) is 16.9. The lowest BCUT2D eigenvalue weighted by Gasteiger charge is -2.11. The Labute approximate surface area is 286 Å². The monoisotopic (exact) mass is 637 g/mol. The van der Waals surface area contributed by atoms with Crippen LogP contribution < -0.4 is 0 Å². The smallest absolute Gasteiger partial charge is 0.238 e. The third-order valence-electron chi connectivity index (χ3n) is 10.1. The highest BCUT2D eigenvalue weighted by molar-refractivity contribution is 6.25. The fourth-order valence-electron chi connectivity index (χ4n) is 7.95. The van der Waals surface area contributed by atoms with E-state index in [1.165, 1.54) is 54.4 Å². The van der Waals surface area contributed by atoms with Crippen molar-refractivity contribution in [2.45, 2.75) is 0 Å². The second-order valence-corrected chi connectivity index (χ2v) is 12.9. The zero-order valence-corrected chi connectivity index (χ0v) is 26.8. The Hall–Kier alpha value is -6.85. The molecule has 0 saturated carbocycles. The SMILES string of the molecule is c1ccc(-c2nc(-c3ccc(-c4cccc5c6cccc7c8ccccc8n(c45)c76)cc3)nc(-n3c4ccccc4c4ccccc43)n2)cc1. The maximum Gasteiger partial charge on any atom is 0.238 e. The molecule has 11 rings (SSSR count). The van der Waals surface area contributed by atoms with Crippen LogP contribution in [0, 0.1) is 0 Å². The summed E-state index contributed by atoms with van der Waals surface area (Å²) in [5.74, 6) is 1.86. The van der Waals surface area contributed by atoms with Crippen LogP contribution in [0.3, 0.4) is 0 Å². The van der Waals surface area contributed by atoms with Crippen molar-refractivity contribution in [1.29, 1.82) is 0 Å². The van der Waals surface area contributed by atoms with Crippen molar-refractivity contribution < 1.29 is 0 Å². The molecule has 4 heterocycles. The van der Waals surface area contributed by atoms with Crippen molar-refractivity contribution in [1.82, 2.24) is 23.9 Å². The summed E-state index contributed by atoms with van der Waals surface area (Å²) < 4.78 is 4.61. The van der Waals surface area contributed by atoms with Gasteiger partial charge in [0.05, 0.1) is 27.6 Å². The molecule has 0 N–H and O–H groups in total. The molecule has 0 aliphatic carbocycles. The Bertz CT molecular complexity index is 3030. The molecular weight excluding hydrogens is 611 g/mol. The highest BCUT2D eigenvalue weighted by Crippen LogP contribution is 2.42. The molecule has 0 radical (unpaired) electrons. The number of aromatic nitrogens is 5. The van der Waals surface area contributed by atoms with Crippen molar-refractivity contribution in [3.8, 4) is 39.9 Å². The van der Waals surface area contributed by atoms with Crippen molar-refractivity contribution in [3.63, 3.8) is 0 Å². The third kappa shape index (κ3) is 3.80. The van der Waals surface area contributed by atoms with Crippen LogP contribution in [-0.2, 0) is 0 Å². The average Bonchev–Trinajstić information content (AvgIpc) is 3.84. The molecule has 5 heteroatoms. The minimum absolute atomic E-state index is 0.595. The van der Waals surface area contributed by atoms with Gasteiger partial charge in [0.15, 0.2) is 11.6 Å². The molecule has 0 fully saturated rings. The van der Waals surface area contributed by atoms with Crippen LogP contribution in [0.1, 0.15) is 0 Å². The summed E-state index contributed by atoms with van der Waals surface area (Å²) in [4.78, 5) is 15.3. The zero-order chi connectivity index (χ0) is 32.8. The van der Waals surface area contributed by atoms with E-state index in [4.69, 9.17) is 15.0 Å². The second kappa shape index (κ2) is 10.3. The van der Waals surface area contributed by atoms with Gasteiger partial charge in [-0.3, -0.25) is 4.57 Å². The molecule has 0 aliphatic heterocycles. The van der Waals surface area contributed by atoms with Crippen LogP contribution >= 0.6 is 0 Å². The number of benzene rings is 7. The summed E-state index contributed by atoms with van der Waals surface area (Å²) >= 11 is 0. The molecule has 0 spiro atoms. The van der Waals surface area contributed by atoms with Crippen molar-refractivity contribution in [3.05, 3.63) is 164 Å². The lowest BCUT2D eigenvalue weighted by molar-refractivity contribution is 0.953. The van der Waals surface area contributed by atoms with Crippen molar-refractivity contribution in [2.75, 3.05) is 0 Å². The van der Waals surface area contributed by atoms with Gasteiger partial charge in [-0.05, 0) is 23.8 Å². The molecule has 0 saturated heterocycles. The molecule has 11 aromatic rings. The van der Waals surface area contributed by atoms with Gasteiger partial charge in [0.25, 0.3) is 0 Å². The van der Waals surface area contributed by atoms with E-state index in [-0.39, 0.29) is 0 Å². The number of para-hydroxylation sites is 5. The average molecular weight is 638 g/mol. The van der Waals surface area contributed by atoms with E-state index in [9.17, 15) is 0 Å². The number of hydrogen-bond acceptors (Lipinski definition) is 3. The van der Waals surface area contributed by atoms with E-state index in [0.717, 1.165) is 27.7 Å². The summed E-state index contributed by atoms with van der Waals surface area (Å²) in [5, 5.41) is 7.45. The lowest BCUT2D eigenvalue weighted by atomic mass is 10.00. The fraction of sp³-hybridized carbons (Fsp3) is 0. The molecule has 5 nitrogen and oxygen atoms in total. The number of fused-ring (bicyclic) bond motifs is 9. The third-order valence-corrected chi connectivity index (χ3v) is 10.1. The highest BCUT2D eigenvalue weighted by Gasteiger charge is 2.20. The molecule has 0 amide bonds. The number of rotatable bonds is 4. The summed E-state index contributed by atoms with van der Waals surface area (Å²) in [6.07, 6.45) is 0. The molecule has 0 bridgehead atoms. The molecule has 4 aromatic heterocycles. The summed E-state index contributed by atoms with van der Waals surface area (Å²) in [6.45, 7) is 0. The van der Waals surface area contributed by atoms with Gasteiger partial charge in [0.2, 0.25) is 5.95 Å². The van der Waals surface area contributed by atoms with Crippen LogP contribution in [0.2, 0.25) is 0 Å². The van der Waals surface area contributed by atoms with E-state index >= 15 is 0 Å². The van der Waals surface area contributed by atoms with Gasteiger partial charge in [-0.25, -0.2) is 4.98 Å². The Morgan fingerprint density at radius 2 is 0.780 bits per heavy atom. The second-order valence-electron chi connectivity index (χ2n) is 12.9. The Morgan fingerprint density at radius 3 is 1.44 bits per heavy atom. The summed E-state index contributed by atoms with van der Waals surface area (Å²) in [6, 6.07) is 57.7. The van der Waals surface area contributed by atoms with Crippen LogP contribution in [0.25, 0.3) is 99.8 Å². The van der Waals surface area contributed by atoms with Gasteiger partial charge in [-0.1, -0.05) is 146 Å². The van der Waals surface area contributed by atoms with E-state index in [2.05, 4.69) is 142 Å². The van der Waals surface area contributed by atoms with Crippen molar-refractivity contribution >= 4 is 59.9 Å². The minimum atomic E-state index is 0.595. The van der Waals surface area contributed by atoms with Gasteiger partial charge < -0.3 is 4.40 Å². The highest BCUT2D eigenvalue weighted by atomic mass is 15.2. The van der Waals surface area contributed by atoms with Gasteiger partial charge in [-0.15, -0.1) is 0 Å². The zero-order valence-electron chi connectivity index (χ0n) is 26.8. The standard InChI is InChI=1S/C45H27N5/c1-2-12-29(13-3-1)43-46-44(48-45(47-43)49-38-21-7-4-14-32(38)33-15-5-8-22-39(33)49)30-26-24-28(25-27-30)31-17-10-19-36-37-20-11-18-35-34-16-6-9-23-40(34)50(41(31)36)42(35)37/h1-27H. The molecule has 50 heavy (non-hydrogen) atoms. The van der Waals surface area contributed by atoms with Gasteiger partial charge in [0, 0.05) is 49.0 Å². The quantitative estimate of drug-likeness (QED) is 0.193. The van der Waals surface area contributed by atoms with E-state index in [1.807, 2.05) is 30.3 Å². The van der Waals surface area contributed by atoms with Crippen molar-refractivity contribution in [2.24, 2.45) is 0 Å². The van der Waals surface area contributed by atoms with Crippen LogP contribution in [0.4, 0.5) is 0 Å². The van der Waals surface area contributed by atoms with E-state index < -0.39 is 0 Å². The van der Waals surface area contributed by atoms with E-state index in [1.54, 1.807) is 0 Å². The number of nitrogens with zero attached hydrogens (tertiary/aromatic N) is 5. The predicted molar refractivity (Wildman–Crippen MR) is 205 cm³/mol. The fourth-order valence-corrected chi connectivity index (χ4v) is 7.95. The van der Waals surface area contributed by atoms with Crippen LogP contribution in [0.5, 0.6) is 0 Å². The molecule has 0 atom stereocenters. The van der Waals surface area contributed by atoms with Gasteiger partial charge in [-0.2, -0.15) is 9.97 Å². The van der Waals surface area contributed by atoms with Crippen LogP contribution in [0.15, 0.2) is 164 Å². The molecule has 0 aliphatic rings. The predicted octanol–water partition coefficient (Wildman–Crippen LogP) is 11.1. The lowest BCUT2D eigenvalue weighted by Crippen LogP contribution is -2.06. The molecule has 232 valence electrons.